The molecule has 1 amide bonds. The van der Waals surface area contributed by atoms with Gasteiger partial charge in [0.15, 0.2) is 11.4 Å². The quantitative estimate of drug-likeness (QED) is 0.339. The minimum absolute atomic E-state index is 0.0946. The number of rotatable bonds is 5. The monoisotopic (exact) mass is 547 g/mol. The van der Waals surface area contributed by atoms with Crippen LogP contribution in [0.4, 0.5) is 32.4 Å². The van der Waals surface area contributed by atoms with Crippen LogP contribution in [0.5, 0.6) is 5.75 Å². The molecule has 0 unspecified atom stereocenters. The molecule has 190 valence electrons. The second kappa shape index (κ2) is 9.11. The molecule has 3 heterocycles. The highest BCUT2D eigenvalue weighted by molar-refractivity contribution is 7.91. The Kier molecular flexibility index (Phi) is 6.44. The summed E-state index contributed by atoms with van der Waals surface area (Å²) < 4.78 is 94.6. The smallest absolute Gasteiger partial charge is 0.404 e. The fourth-order valence-electron chi connectivity index (χ4n) is 3.13. The van der Waals surface area contributed by atoms with Gasteiger partial charge in [0.1, 0.15) is 9.90 Å². The van der Waals surface area contributed by atoms with Crippen LogP contribution < -0.4 is 15.2 Å². The summed E-state index contributed by atoms with van der Waals surface area (Å²) in [5.74, 6) is -0.331. The zero-order valence-corrected chi connectivity index (χ0v) is 19.5. The third-order valence-electron chi connectivity index (χ3n) is 4.81. The summed E-state index contributed by atoms with van der Waals surface area (Å²) in [5, 5.41) is 11.2. The number of fused-ring (bicyclic) bond motifs is 1. The summed E-state index contributed by atoms with van der Waals surface area (Å²) in [5.41, 5.74) is -1.78. The van der Waals surface area contributed by atoms with Gasteiger partial charge in [-0.1, -0.05) is 12.1 Å². The lowest BCUT2D eigenvalue weighted by Crippen LogP contribution is -2.17. The van der Waals surface area contributed by atoms with Crippen LogP contribution >= 0.6 is 11.3 Å². The molecule has 0 fully saturated rings. The highest BCUT2D eigenvalue weighted by atomic mass is 32.2. The Morgan fingerprint density at radius 3 is 2.42 bits per heavy atom. The molecule has 3 aromatic heterocycles. The molecule has 16 heteroatoms. The van der Waals surface area contributed by atoms with E-state index in [-0.39, 0.29) is 32.6 Å². The molecule has 0 radical (unpaired) electrons. The maximum Gasteiger partial charge on any atom is 0.417 e. The first-order valence-corrected chi connectivity index (χ1v) is 12.1. The van der Waals surface area contributed by atoms with E-state index in [9.17, 15) is 35.2 Å². The van der Waals surface area contributed by atoms with Crippen LogP contribution in [0.3, 0.4) is 0 Å². The Labute approximate surface area is 203 Å². The van der Waals surface area contributed by atoms with Crippen molar-refractivity contribution in [3.8, 4) is 17.0 Å². The molecule has 0 spiro atoms. The van der Waals surface area contributed by atoms with Crippen molar-refractivity contribution in [3.63, 3.8) is 0 Å². The molecule has 4 aromatic rings. The first-order chi connectivity index (χ1) is 16.7. The van der Waals surface area contributed by atoms with Crippen molar-refractivity contribution in [1.82, 2.24) is 14.6 Å². The van der Waals surface area contributed by atoms with E-state index < -0.39 is 40.0 Å². The van der Waals surface area contributed by atoms with Crippen LogP contribution in [0, 0.1) is 6.92 Å². The zero-order chi connectivity index (χ0) is 26.4. The molecule has 1 aromatic carbocycles. The van der Waals surface area contributed by atoms with E-state index in [1.54, 1.807) is 0 Å². The van der Waals surface area contributed by atoms with Crippen LogP contribution in [0.25, 0.3) is 16.9 Å². The summed E-state index contributed by atoms with van der Waals surface area (Å²) in [4.78, 5) is 17.0. The lowest BCUT2D eigenvalue weighted by molar-refractivity contribution is -0.137. The maximum absolute atomic E-state index is 13.7. The molecule has 0 saturated carbocycles. The van der Waals surface area contributed by atoms with Gasteiger partial charge < -0.3 is 4.74 Å². The lowest BCUT2D eigenvalue weighted by Gasteiger charge is -2.10. The van der Waals surface area contributed by atoms with Gasteiger partial charge in [0.25, 0.3) is 6.43 Å². The van der Waals surface area contributed by atoms with Crippen LogP contribution in [0.2, 0.25) is 0 Å². The van der Waals surface area contributed by atoms with Crippen LogP contribution in [-0.2, 0) is 16.2 Å². The number of carbonyl (C=O) groups excluding carboxylic acids is 1. The van der Waals surface area contributed by atoms with E-state index >= 15 is 0 Å². The van der Waals surface area contributed by atoms with Gasteiger partial charge in [-0.3, -0.25) is 5.32 Å². The van der Waals surface area contributed by atoms with E-state index in [1.165, 1.54) is 6.92 Å². The number of aryl methyl sites for hydroxylation is 1. The van der Waals surface area contributed by atoms with Crippen molar-refractivity contribution >= 4 is 38.8 Å². The number of aromatic nitrogens is 3. The number of amides is 1. The number of carbonyl (C=O) groups is 1. The predicted octanol–water partition coefficient (Wildman–Crippen LogP) is 4.98. The summed E-state index contributed by atoms with van der Waals surface area (Å²) in [6.07, 6.45) is -7.78. The van der Waals surface area contributed by atoms with Gasteiger partial charge in [0, 0.05) is 10.4 Å². The number of hydrogen-bond acceptors (Lipinski definition) is 7. The molecular formula is C20H14F5N5O4S2. The number of primary sulfonamides is 1. The Hall–Kier alpha value is -3.63. The average Bonchev–Trinajstić information content (AvgIpc) is 3.36. The number of thiophene rings is 1. The van der Waals surface area contributed by atoms with Gasteiger partial charge in [-0.2, -0.15) is 18.3 Å². The number of benzene rings is 1. The predicted molar refractivity (Wildman–Crippen MR) is 118 cm³/mol. The van der Waals surface area contributed by atoms with Crippen LogP contribution in [0.15, 0.2) is 46.8 Å². The largest absolute Gasteiger partial charge is 0.417 e. The van der Waals surface area contributed by atoms with E-state index in [1.807, 2.05) is 0 Å². The number of anilines is 1. The SMILES string of the molecule is Cc1sc(S(N)(=O)=O)cc1NC(=O)Oc1cnn2c(C(F)F)cc(-c3ccc(C(F)(F)F)cc3)nc12. The lowest BCUT2D eigenvalue weighted by atomic mass is 10.1. The van der Waals surface area contributed by atoms with Crippen molar-refractivity contribution < 1.29 is 39.9 Å². The fraction of sp³-hybridized carbons (Fsp3) is 0.150. The number of nitrogens with two attached hydrogens (primary N) is 1. The van der Waals surface area contributed by atoms with Crippen LogP contribution in [-0.4, -0.2) is 29.1 Å². The summed E-state index contributed by atoms with van der Waals surface area (Å²) in [6.45, 7) is 1.52. The molecule has 0 saturated heterocycles. The minimum atomic E-state index is -4.58. The topological polar surface area (TPSA) is 129 Å². The fourth-order valence-corrected chi connectivity index (χ4v) is 4.95. The molecule has 3 N–H and O–H groups in total. The van der Waals surface area contributed by atoms with E-state index in [0.717, 1.165) is 58.4 Å². The highest BCUT2D eigenvalue weighted by Gasteiger charge is 2.30. The van der Waals surface area contributed by atoms with Crippen molar-refractivity contribution in [2.75, 3.05) is 5.32 Å². The first kappa shape index (κ1) is 25.5. The van der Waals surface area contributed by atoms with E-state index in [4.69, 9.17) is 9.88 Å². The molecule has 4 rings (SSSR count). The maximum atomic E-state index is 13.7. The summed E-state index contributed by atoms with van der Waals surface area (Å²) in [6, 6.07) is 5.79. The Bertz CT molecular complexity index is 1560. The normalized spacial score (nSPS) is 12.3. The molecule has 0 aliphatic heterocycles. The van der Waals surface area contributed by atoms with Gasteiger partial charge in [-0.15, -0.1) is 11.3 Å². The standard InChI is InChI=1S/C20H14F5N5O4S2/c1-9-12(7-16(35-9)36(26,32)33)29-19(31)34-15-8-27-30-14(17(21)22)6-13(28-18(15)30)10-2-4-11(5-3-10)20(23,24)25/h2-8,17H,1H3,(H,29,31)(H2,26,32,33). The van der Waals surface area contributed by atoms with Crippen molar-refractivity contribution in [1.29, 1.82) is 0 Å². The third-order valence-corrected chi connectivity index (χ3v) is 7.28. The minimum Gasteiger partial charge on any atom is -0.404 e. The molecule has 9 nitrogen and oxygen atoms in total. The molecule has 36 heavy (non-hydrogen) atoms. The molecule has 0 bridgehead atoms. The molecule has 0 aliphatic rings. The number of nitrogens with one attached hydrogen (secondary N) is 1. The van der Waals surface area contributed by atoms with Gasteiger partial charge in [-0.05, 0) is 31.2 Å². The molecule has 0 atom stereocenters. The van der Waals surface area contributed by atoms with E-state index in [2.05, 4.69) is 15.4 Å². The zero-order valence-electron chi connectivity index (χ0n) is 17.9. The van der Waals surface area contributed by atoms with Gasteiger partial charge in [-0.25, -0.2) is 36.6 Å². The Morgan fingerprint density at radius 1 is 1.19 bits per heavy atom. The number of ether oxygens (including phenoxy) is 1. The molecular weight excluding hydrogens is 533 g/mol. The number of nitrogens with zero attached hydrogens (tertiary/aromatic N) is 3. The summed E-state index contributed by atoms with van der Waals surface area (Å²) in [7, 11) is -4.00. The van der Waals surface area contributed by atoms with Gasteiger partial charge >= 0.3 is 12.3 Å². The van der Waals surface area contributed by atoms with Crippen LogP contribution in [0.1, 0.15) is 22.6 Å². The second-order valence-electron chi connectivity index (χ2n) is 7.28. The highest BCUT2D eigenvalue weighted by Crippen LogP contribution is 2.33. The average molecular weight is 547 g/mol. The number of halogens is 5. The Morgan fingerprint density at radius 2 is 1.86 bits per heavy atom. The van der Waals surface area contributed by atoms with Gasteiger partial charge in [0.05, 0.1) is 23.1 Å². The first-order valence-electron chi connectivity index (χ1n) is 9.70. The summed E-state index contributed by atoms with van der Waals surface area (Å²) >= 11 is 0.815. The van der Waals surface area contributed by atoms with Crippen molar-refractivity contribution in [2.45, 2.75) is 23.7 Å². The number of alkyl halides is 5. The van der Waals surface area contributed by atoms with Crippen molar-refractivity contribution in [2.24, 2.45) is 5.14 Å². The third kappa shape index (κ3) is 5.14. The van der Waals surface area contributed by atoms with E-state index in [0.29, 0.717) is 4.88 Å². The Balaban J connectivity index is 1.67. The number of sulfonamides is 1. The molecule has 0 aliphatic carbocycles. The second-order valence-corrected chi connectivity index (χ2v) is 10.3. The van der Waals surface area contributed by atoms with Gasteiger partial charge in [0.2, 0.25) is 10.0 Å². The number of hydrogen-bond donors (Lipinski definition) is 2. The van der Waals surface area contributed by atoms with Crippen molar-refractivity contribution in [3.05, 3.63) is 58.7 Å².